The van der Waals surface area contributed by atoms with Gasteiger partial charge < -0.3 is 9.84 Å². The van der Waals surface area contributed by atoms with Crippen LogP contribution in [0.1, 0.15) is 23.3 Å². The zero-order chi connectivity index (χ0) is 18.7. The molecule has 1 aliphatic rings. The number of hydrogen-bond acceptors (Lipinski definition) is 5. The van der Waals surface area contributed by atoms with Gasteiger partial charge >= 0.3 is 5.97 Å². The Kier molecular flexibility index (Phi) is 5.57. The van der Waals surface area contributed by atoms with E-state index >= 15 is 0 Å². The van der Waals surface area contributed by atoms with Crippen molar-refractivity contribution in [2.45, 2.75) is 23.0 Å². The molecule has 0 spiro atoms. The van der Waals surface area contributed by atoms with Gasteiger partial charge in [0.15, 0.2) is 0 Å². The lowest BCUT2D eigenvalue weighted by atomic mass is 9.76. The van der Waals surface area contributed by atoms with Crippen molar-refractivity contribution in [2.24, 2.45) is 5.92 Å². The normalized spacial score (nSPS) is 27.7. The number of halogens is 1. The van der Waals surface area contributed by atoms with Crippen LogP contribution in [0.15, 0.2) is 54.6 Å². The van der Waals surface area contributed by atoms with Crippen LogP contribution in [0.3, 0.4) is 0 Å². The van der Waals surface area contributed by atoms with Gasteiger partial charge in [-0.2, -0.15) is 5.26 Å². The summed E-state index contributed by atoms with van der Waals surface area (Å²) in [7, 11) is 0. The lowest BCUT2D eigenvalue weighted by molar-refractivity contribution is -0.148. The highest BCUT2D eigenvalue weighted by atomic mass is 35.5. The first-order valence-electron chi connectivity index (χ1n) is 8.27. The summed E-state index contributed by atoms with van der Waals surface area (Å²) in [5.41, 5.74) is -0.266. The minimum Gasteiger partial charge on any atom is -0.465 e. The minimum atomic E-state index is -1.64. The Hall–Kier alpha value is -2.00. The first-order valence-corrected chi connectivity index (χ1v) is 9.59. The third kappa shape index (κ3) is 3.21. The van der Waals surface area contributed by atoms with Gasteiger partial charge in [-0.1, -0.05) is 54.1 Å². The second-order valence-corrected chi connectivity index (χ2v) is 7.73. The molecule has 134 valence electrons. The topological polar surface area (TPSA) is 70.3 Å². The van der Waals surface area contributed by atoms with Crippen LogP contribution in [0.4, 0.5) is 0 Å². The fourth-order valence-corrected chi connectivity index (χ4v) is 5.13. The number of aliphatic hydroxyl groups is 1. The zero-order valence-electron chi connectivity index (χ0n) is 14.1. The van der Waals surface area contributed by atoms with Crippen LogP contribution in [0.25, 0.3) is 0 Å². The number of hydrogen-bond donors (Lipinski definition) is 1. The van der Waals surface area contributed by atoms with E-state index in [4.69, 9.17) is 16.3 Å². The van der Waals surface area contributed by atoms with E-state index in [1.807, 2.05) is 18.2 Å². The molecule has 4 atom stereocenters. The Balaban J connectivity index is 2.10. The standard InChI is InChI=1S/C20H18ClNO3S/c1-2-25-19(23)18-20(24,14-6-4-3-5-7-14)16(12-22)17(26-18)13-8-10-15(21)11-9-13/h3-11,16-18,24H,2H2,1H3/t16-,17+,18-,20-/m1/s1. The molecule has 2 aromatic carbocycles. The quantitative estimate of drug-likeness (QED) is 0.800. The lowest BCUT2D eigenvalue weighted by Crippen LogP contribution is -2.44. The van der Waals surface area contributed by atoms with Gasteiger partial charge in [0.1, 0.15) is 10.9 Å². The fraction of sp³-hybridized carbons (Fsp3) is 0.300. The Bertz CT molecular complexity index is 821. The summed E-state index contributed by atoms with van der Waals surface area (Å²) in [5.74, 6) is -1.33. The molecule has 4 nitrogen and oxygen atoms in total. The zero-order valence-corrected chi connectivity index (χ0v) is 15.7. The number of ether oxygens (including phenoxy) is 1. The molecule has 0 unspecified atom stereocenters. The molecule has 1 fully saturated rings. The smallest absolute Gasteiger partial charge is 0.322 e. The van der Waals surface area contributed by atoms with Crippen molar-refractivity contribution < 1.29 is 14.6 Å². The van der Waals surface area contributed by atoms with E-state index in [9.17, 15) is 15.2 Å². The Morgan fingerprint density at radius 3 is 2.50 bits per heavy atom. The van der Waals surface area contributed by atoms with Gasteiger partial charge in [-0.05, 0) is 30.2 Å². The van der Waals surface area contributed by atoms with Crippen LogP contribution < -0.4 is 0 Å². The van der Waals surface area contributed by atoms with Crippen molar-refractivity contribution in [1.82, 2.24) is 0 Å². The summed E-state index contributed by atoms with van der Waals surface area (Å²) in [6.07, 6.45) is 0. The highest BCUT2D eigenvalue weighted by Crippen LogP contribution is 2.58. The number of rotatable bonds is 4. The second kappa shape index (κ2) is 7.71. The largest absolute Gasteiger partial charge is 0.465 e. The molecule has 1 aliphatic heterocycles. The molecule has 26 heavy (non-hydrogen) atoms. The maximum absolute atomic E-state index is 12.6. The third-order valence-electron chi connectivity index (χ3n) is 4.53. The molecule has 0 amide bonds. The van der Waals surface area contributed by atoms with E-state index < -0.39 is 22.7 Å². The molecule has 0 aliphatic carbocycles. The van der Waals surface area contributed by atoms with Crippen LogP contribution in [0.5, 0.6) is 0 Å². The fourth-order valence-electron chi connectivity index (χ4n) is 3.30. The maximum atomic E-state index is 12.6. The van der Waals surface area contributed by atoms with E-state index in [2.05, 4.69) is 6.07 Å². The van der Waals surface area contributed by atoms with Crippen molar-refractivity contribution in [2.75, 3.05) is 6.61 Å². The molecule has 0 radical (unpaired) electrons. The predicted molar refractivity (Wildman–Crippen MR) is 102 cm³/mol. The summed E-state index contributed by atoms with van der Waals surface area (Å²) < 4.78 is 5.19. The molecular weight excluding hydrogens is 370 g/mol. The van der Waals surface area contributed by atoms with Crippen LogP contribution in [0, 0.1) is 17.2 Å². The van der Waals surface area contributed by atoms with Gasteiger partial charge in [0, 0.05) is 10.3 Å². The molecule has 6 heteroatoms. The number of carbonyl (C=O) groups excluding carboxylic acids is 1. The molecule has 2 aromatic rings. The molecule has 0 saturated carbocycles. The van der Waals surface area contributed by atoms with Crippen LogP contribution in [-0.4, -0.2) is 22.9 Å². The summed E-state index contributed by atoms with van der Waals surface area (Å²) >= 11 is 7.23. The van der Waals surface area contributed by atoms with Crippen LogP contribution in [0.2, 0.25) is 5.02 Å². The monoisotopic (exact) mass is 387 g/mol. The number of nitrogens with zero attached hydrogens (tertiary/aromatic N) is 1. The van der Waals surface area contributed by atoms with Gasteiger partial charge in [-0.25, -0.2) is 0 Å². The predicted octanol–water partition coefficient (Wildman–Crippen LogP) is 4.09. The molecule has 0 aromatic heterocycles. The Labute approximate surface area is 161 Å². The number of carbonyl (C=O) groups is 1. The highest BCUT2D eigenvalue weighted by Gasteiger charge is 2.60. The minimum absolute atomic E-state index is 0.212. The number of esters is 1. The third-order valence-corrected chi connectivity index (χ3v) is 6.45. The van der Waals surface area contributed by atoms with E-state index in [0.29, 0.717) is 10.6 Å². The van der Waals surface area contributed by atoms with E-state index in [1.165, 1.54) is 11.8 Å². The summed E-state index contributed by atoms with van der Waals surface area (Å²) in [5, 5.41) is 20.8. The second-order valence-electron chi connectivity index (χ2n) is 6.04. The first-order chi connectivity index (χ1) is 12.5. The first kappa shape index (κ1) is 18.8. The molecule has 1 N–H and O–H groups in total. The molecule has 0 bridgehead atoms. The summed E-state index contributed by atoms with van der Waals surface area (Å²) in [4.78, 5) is 12.6. The van der Waals surface area contributed by atoms with Crippen molar-refractivity contribution in [3.63, 3.8) is 0 Å². The highest BCUT2D eigenvalue weighted by molar-refractivity contribution is 8.01. The van der Waals surface area contributed by atoms with Crippen molar-refractivity contribution in [3.05, 3.63) is 70.7 Å². The SMILES string of the molecule is CCOC(=O)[C@H]1S[C@@H](c2ccc(Cl)cc2)[C@@H](C#N)[C@]1(O)c1ccccc1. The van der Waals surface area contributed by atoms with E-state index in [0.717, 1.165) is 5.56 Å². The Morgan fingerprint density at radius 2 is 1.92 bits per heavy atom. The maximum Gasteiger partial charge on any atom is 0.322 e. The van der Waals surface area contributed by atoms with E-state index in [-0.39, 0.29) is 11.9 Å². The molecule has 3 rings (SSSR count). The van der Waals surface area contributed by atoms with Gasteiger partial charge in [-0.3, -0.25) is 4.79 Å². The Morgan fingerprint density at radius 1 is 1.27 bits per heavy atom. The molecule has 1 saturated heterocycles. The number of nitriles is 1. The van der Waals surface area contributed by atoms with Crippen molar-refractivity contribution in [3.8, 4) is 6.07 Å². The molecule has 1 heterocycles. The molecular formula is C20H18ClNO3S. The van der Waals surface area contributed by atoms with Crippen LogP contribution in [-0.2, 0) is 15.1 Å². The van der Waals surface area contributed by atoms with Gasteiger partial charge in [-0.15, -0.1) is 11.8 Å². The summed E-state index contributed by atoms with van der Waals surface area (Å²) in [6.45, 7) is 1.93. The van der Waals surface area contributed by atoms with Gasteiger partial charge in [0.2, 0.25) is 0 Å². The van der Waals surface area contributed by atoms with Crippen molar-refractivity contribution in [1.29, 1.82) is 5.26 Å². The van der Waals surface area contributed by atoms with E-state index in [1.54, 1.807) is 43.3 Å². The van der Waals surface area contributed by atoms with Crippen molar-refractivity contribution >= 4 is 29.3 Å². The average Bonchev–Trinajstić information content (AvgIpc) is 2.97. The summed E-state index contributed by atoms with van der Waals surface area (Å²) in [6, 6.07) is 18.2. The van der Waals surface area contributed by atoms with Crippen LogP contribution >= 0.6 is 23.4 Å². The number of thioether (sulfide) groups is 1. The lowest BCUT2D eigenvalue weighted by Gasteiger charge is -2.31. The average molecular weight is 388 g/mol. The number of benzene rings is 2. The van der Waals surface area contributed by atoms with Gasteiger partial charge in [0.25, 0.3) is 0 Å². The van der Waals surface area contributed by atoms with Gasteiger partial charge in [0.05, 0.1) is 18.6 Å².